The van der Waals surface area contributed by atoms with Crippen LogP contribution in [0.4, 0.5) is 0 Å². The van der Waals surface area contributed by atoms with Crippen LogP contribution in [0.15, 0.2) is 0 Å². The Kier molecular flexibility index (Phi) is 4.83. The molecule has 0 aromatic rings. The molecule has 3 heteroatoms. The van der Waals surface area contributed by atoms with E-state index in [1.165, 1.54) is 0 Å². The van der Waals surface area contributed by atoms with E-state index in [1.807, 2.05) is 11.9 Å². The summed E-state index contributed by atoms with van der Waals surface area (Å²) in [7, 11) is 1.87. The molecule has 0 atom stereocenters. The number of halogens is 1. The summed E-state index contributed by atoms with van der Waals surface area (Å²) >= 11 is 3.26. The molecule has 0 aliphatic rings. The molecule has 0 aliphatic heterocycles. The van der Waals surface area contributed by atoms with Gasteiger partial charge in [-0.3, -0.25) is 4.79 Å². The summed E-state index contributed by atoms with van der Waals surface area (Å²) in [6.45, 7) is 6.26. The fourth-order valence-electron chi connectivity index (χ4n) is 0.823. The van der Waals surface area contributed by atoms with E-state index in [0.29, 0.717) is 6.42 Å². The first-order chi connectivity index (χ1) is 5.45. The van der Waals surface area contributed by atoms with E-state index in [0.717, 1.165) is 11.8 Å². The molecule has 0 bridgehead atoms. The molecule has 0 aromatic heterocycles. The topological polar surface area (TPSA) is 20.3 Å². The van der Waals surface area contributed by atoms with Crippen LogP contribution in [0.25, 0.3) is 0 Å². The van der Waals surface area contributed by atoms with Crippen molar-refractivity contribution in [2.45, 2.75) is 39.2 Å². The highest BCUT2D eigenvalue weighted by molar-refractivity contribution is 9.09. The van der Waals surface area contributed by atoms with Crippen molar-refractivity contribution in [3.8, 4) is 0 Å². The number of hydrogen-bond donors (Lipinski definition) is 0. The van der Waals surface area contributed by atoms with Gasteiger partial charge >= 0.3 is 0 Å². The first-order valence-electron chi connectivity index (χ1n) is 4.28. The average Bonchev–Trinajstić information content (AvgIpc) is 2.03. The third-order valence-corrected chi connectivity index (χ3v) is 2.85. The largest absolute Gasteiger partial charge is 0.341 e. The summed E-state index contributed by atoms with van der Waals surface area (Å²) in [5, 5.41) is 0.746. The van der Waals surface area contributed by atoms with Gasteiger partial charge in [-0.1, -0.05) is 22.9 Å². The van der Waals surface area contributed by atoms with Gasteiger partial charge in [-0.25, -0.2) is 0 Å². The van der Waals surface area contributed by atoms with Crippen molar-refractivity contribution in [1.82, 2.24) is 4.90 Å². The summed E-state index contributed by atoms with van der Waals surface area (Å²) in [4.78, 5) is 13.3. The van der Waals surface area contributed by atoms with Crippen LogP contribution >= 0.6 is 15.9 Å². The number of rotatable bonds is 4. The molecular formula is C9H18BrNO. The lowest BCUT2D eigenvalue weighted by molar-refractivity contribution is -0.134. The molecule has 0 saturated heterocycles. The predicted octanol–water partition coefficient (Wildman–Crippen LogP) is 2.42. The Bertz CT molecular complexity index is 157. The molecule has 0 aromatic carbocycles. The van der Waals surface area contributed by atoms with Gasteiger partial charge in [0.25, 0.3) is 0 Å². The van der Waals surface area contributed by atoms with Gasteiger partial charge < -0.3 is 4.90 Å². The van der Waals surface area contributed by atoms with Crippen LogP contribution in [0.2, 0.25) is 0 Å². The summed E-state index contributed by atoms with van der Waals surface area (Å²) < 4.78 is 0. The molecular weight excluding hydrogens is 218 g/mol. The Balaban J connectivity index is 4.17. The average molecular weight is 236 g/mol. The van der Waals surface area contributed by atoms with Gasteiger partial charge in [0.2, 0.25) is 5.91 Å². The van der Waals surface area contributed by atoms with E-state index in [9.17, 15) is 4.79 Å². The maximum absolute atomic E-state index is 11.4. The van der Waals surface area contributed by atoms with Crippen LogP contribution in [-0.4, -0.2) is 28.7 Å². The van der Waals surface area contributed by atoms with Crippen LogP contribution in [0.3, 0.4) is 0 Å². The lowest BCUT2D eigenvalue weighted by atomic mass is 10.00. The smallest absolute Gasteiger partial charge is 0.223 e. The number of nitrogens with zero attached hydrogens (tertiary/aromatic N) is 1. The van der Waals surface area contributed by atoms with Crippen LogP contribution in [0.1, 0.15) is 33.6 Å². The second-order valence-electron chi connectivity index (χ2n) is 3.56. The zero-order chi connectivity index (χ0) is 9.78. The maximum Gasteiger partial charge on any atom is 0.223 e. The Morgan fingerprint density at radius 1 is 1.50 bits per heavy atom. The Labute approximate surface area is 83.4 Å². The molecule has 2 nitrogen and oxygen atoms in total. The zero-order valence-corrected chi connectivity index (χ0v) is 9.94. The van der Waals surface area contributed by atoms with Gasteiger partial charge in [0, 0.05) is 24.3 Å². The van der Waals surface area contributed by atoms with Crippen LogP contribution in [0, 0.1) is 0 Å². The van der Waals surface area contributed by atoms with Crippen molar-refractivity contribution in [2.75, 3.05) is 12.4 Å². The monoisotopic (exact) mass is 235 g/mol. The summed E-state index contributed by atoms with van der Waals surface area (Å²) in [5.74, 6) is 0.207. The minimum atomic E-state index is -0.0146. The van der Waals surface area contributed by atoms with Crippen molar-refractivity contribution in [3.63, 3.8) is 0 Å². The fourth-order valence-corrected chi connectivity index (χ4v) is 1.16. The summed E-state index contributed by atoms with van der Waals surface area (Å²) in [6, 6.07) is 0. The van der Waals surface area contributed by atoms with Crippen molar-refractivity contribution >= 4 is 21.8 Å². The highest BCUT2D eigenvalue weighted by Crippen LogP contribution is 2.17. The van der Waals surface area contributed by atoms with Crippen molar-refractivity contribution in [1.29, 1.82) is 0 Å². The molecule has 1 amide bonds. The molecule has 0 spiro atoms. The van der Waals surface area contributed by atoms with Gasteiger partial charge in [-0.2, -0.15) is 0 Å². The van der Waals surface area contributed by atoms with Crippen LogP contribution < -0.4 is 0 Å². The molecule has 0 aliphatic carbocycles. The number of carbonyl (C=O) groups is 1. The lowest BCUT2D eigenvalue weighted by Gasteiger charge is -2.34. The maximum atomic E-state index is 11.4. The van der Waals surface area contributed by atoms with Crippen molar-refractivity contribution < 1.29 is 4.79 Å². The van der Waals surface area contributed by atoms with Crippen LogP contribution in [-0.2, 0) is 4.79 Å². The van der Waals surface area contributed by atoms with E-state index in [1.54, 1.807) is 0 Å². The Morgan fingerprint density at radius 2 is 2.00 bits per heavy atom. The lowest BCUT2D eigenvalue weighted by Crippen LogP contribution is -2.44. The van der Waals surface area contributed by atoms with E-state index in [4.69, 9.17) is 0 Å². The number of hydrogen-bond acceptors (Lipinski definition) is 1. The molecule has 0 N–H and O–H groups in total. The minimum absolute atomic E-state index is 0.0146. The molecule has 0 unspecified atom stereocenters. The van der Waals surface area contributed by atoms with Gasteiger partial charge in [-0.15, -0.1) is 0 Å². The van der Waals surface area contributed by atoms with E-state index < -0.39 is 0 Å². The molecule has 0 fully saturated rings. The standard InChI is InChI=1S/C9H18BrNO/c1-5-9(2,3)11(4)8(12)6-7-10/h5-7H2,1-4H3. The Hall–Kier alpha value is -0.0500. The number of amides is 1. The highest BCUT2D eigenvalue weighted by Gasteiger charge is 2.24. The van der Waals surface area contributed by atoms with E-state index in [-0.39, 0.29) is 11.4 Å². The molecule has 12 heavy (non-hydrogen) atoms. The van der Waals surface area contributed by atoms with Crippen molar-refractivity contribution in [3.05, 3.63) is 0 Å². The first-order valence-corrected chi connectivity index (χ1v) is 5.40. The number of alkyl halides is 1. The van der Waals surface area contributed by atoms with Gasteiger partial charge in [0.05, 0.1) is 0 Å². The number of carbonyl (C=O) groups excluding carboxylic acids is 1. The Morgan fingerprint density at radius 3 is 2.33 bits per heavy atom. The minimum Gasteiger partial charge on any atom is -0.341 e. The molecule has 0 heterocycles. The molecule has 0 saturated carbocycles. The highest BCUT2D eigenvalue weighted by atomic mass is 79.9. The normalized spacial score (nSPS) is 11.4. The van der Waals surface area contributed by atoms with Crippen LogP contribution in [0.5, 0.6) is 0 Å². The van der Waals surface area contributed by atoms with E-state index in [2.05, 4.69) is 36.7 Å². The second-order valence-corrected chi connectivity index (χ2v) is 4.35. The first kappa shape index (κ1) is 11.9. The quantitative estimate of drug-likeness (QED) is 0.686. The zero-order valence-electron chi connectivity index (χ0n) is 8.35. The third-order valence-electron chi connectivity index (χ3n) is 2.46. The summed E-state index contributed by atoms with van der Waals surface area (Å²) in [6.07, 6.45) is 1.57. The third kappa shape index (κ3) is 3.13. The second kappa shape index (κ2) is 4.85. The SMILES string of the molecule is CCC(C)(C)N(C)C(=O)CCBr. The molecule has 72 valence electrons. The summed E-state index contributed by atoms with van der Waals surface area (Å²) in [5.41, 5.74) is -0.0146. The van der Waals surface area contributed by atoms with Gasteiger partial charge in [-0.05, 0) is 20.3 Å². The molecule has 0 radical (unpaired) electrons. The van der Waals surface area contributed by atoms with Gasteiger partial charge in [0.1, 0.15) is 0 Å². The van der Waals surface area contributed by atoms with E-state index >= 15 is 0 Å². The van der Waals surface area contributed by atoms with Gasteiger partial charge in [0.15, 0.2) is 0 Å². The van der Waals surface area contributed by atoms with Crippen molar-refractivity contribution in [2.24, 2.45) is 0 Å². The molecule has 0 rings (SSSR count). The predicted molar refractivity (Wildman–Crippen MR) is 55.6 cm³/mol. The fraction of sp³-hybridized carbons (Fsp3) is 0.889.